The highest BCUT2D eigenvalue weighted by molar-refractivity contribution is 7.86. The number of methoxy groups -OCH3 is 2. The predicted molar refractivity (Wildman–Crippen MR) is 110 cm³/mol. The van der Waals surface area contributed by atoms with Gasteiger partial charge >= 0.3 is 0 Å². The lowest BCUT2D eigenvalue weighted by atomic mass is 10.2. The van der Waals surface area contributed by atoms with Crippen molar-refractivity contribution >= 4 is 21.8 Å². The first kappa shape index (κ1) is 22.0. The van der Waals surface area contributed by atoms with Gasteiger partial charge in [-0.15, -0.1) is 0 Å². The molecule has 1 amide bonds. The van der Waals surface area contributed by atoms with Gasteiger partial charge in [0, 0.05) is 25.7 Å². The summed E-state index contributed by atoms with van der Waals surface area (Å²) in [6.45, 7) is 0.250. The van der Waals surface area contributed by atoms with Crippen molar-refractivity contribution in [2.24, 2.45) is 0 Å². The molecule has 0 atom stereocenters. The first-order chi connectivity index (χ1) is 14.3. The number of nitrogens with zero attached hydrogens (tertiary/aromatic N) is 2. The van der Waals surface area contributed by atoms with Crippen LogP contribution in [-0.4, -0.2) is 56.8 Å². The van der Waals surface area contributed by atoms with Crippen molar-refractivity contribution in [1.29, 1.82) is 0 Å². The first-order valence-electron chi connectivity index (χ1n) is 9.35. The second-order valence-corrected chi connectivity index (χ2v) is 8.70. The fraction of sp³-hybridized carbons (Fsp3) is 0.350. The van der Waals surface area contributed by atoms with Gasteiger partial charge in [0.15, 0.2) is 0 Å². The number of halogens is 1. The molecule has 0 aliphatic carbocycles. The van der Waals surface area contributed by atoms with Crippen LogP contribution < -0.4 is 14.8 Å². The van der Waals surface area contributed by atoms with Gasteiger partial charge in [0.2, 0.25) is 5.91 Å². The number of benzene rings is 2. The van der Waals surface area contributed by atoms with Gasteiger partial charge in [-0.05, 0) is 36.2 Å². The van der Waals surface area contributed by atoms with Crippen LogP contribution in [0.25, 0.3) is 0 Å². The van der Waals surface area contributed by atoms with E-state index in [2.05, 4.69) is 5.32 Å². The largest absolute Gasteiger partial charge is 0.497 e. The zero-order valence-electron chi connectivity index (χ0n) is 16.8. The van der Waals surface area contributed by atoms with Gasteiger partial charge in [-0.3, -0.25) is 4.79 Å². The number of carbonyl (C=O) groups excluding carboxylic acids is 1. The minimum Gasteiger partial charge on any atom is -0.497 e. The standard InChI is InChI=1S/C20H24FN3O5S/c1-28-17-7-8-18(19(12-17)29-2)22-20(25)14-24-10-4-9-23(30(24,26)27)13-15-5-3-6-16(21)11-15/h3,5-8,11-12H,4,9-10,13-14H2,1-2H3,(H,22,25). The summed E-state index contributed by atoms with van der Waals surface area (Å²) in [6.07, 6.45) is 0.563. The average molecular weight is 437 g/mol. The summed E-state index contributed by atoms with van der Waals surface area (Å²) in [5.74, 6) is 0.0506. The number of hydrogen-bond acceptors (Lipinski definition) is 5. The minimum atomic E-state index is -3.86. The number of anilines is 1. The van der Waals surface area contributed by atoms with E-state index in [9.17, 15) is 17.6 Å². The number of nitrogens with one attached hydrogen (secondary N) is 1. The van der Waals surface area contributed by atoms with Crippen molar-refractivity contribution in [3.05, 3.63) is 53.8 Å². The molecule has 0 unspecified atom stereocenters. The van der Waals surface area contributed by atoms with Gasteiger partial charge in [0.1, 0.15) is 17.3 Å². The monoisotopic (exact) mass is 437 g/mol. The van der Waals surface area contributed by atoms with E-state index in [1.54, 1.807) is 24.3 Å². The van der Waals surface area contributed by atoms with Crippen molar-refractivity contribution in [2.75, 3.05) is 39.2 Å². The van der Waals surface area contributed by atoms with E-state index < -0.39 is 21.9 Å². The molecule has 2 aromatic rings. The lowest BCUT2D eigenvalue weighted by molar-refractivity contribution is -0.116. The maximum atomic E-state index is 13.4. The number of ether oxygens (including phenoxy) is 2. The van der Waals surface area contributed by atoms with Gasteiger partial charge in [0.05, 0.1) is 26.5 Å². The molecule has 1 aliphatic rings. The van der Waals surface area contributed by atoms with Crippen molar-refractivity contribution in [1.82, 2.24) is 8.61 Å². The zero-order chi connectivity index (χ0) is 21.7. The summed E-state index contributed by atoms with van der Waals surface area (Å²) in [6, 6.07) is 10.7. The summed E-state index contributed by atoms with van der Waals surface area (Å²) in [5.41, 5.74) is 0.960. The Balaban J connectivity index is 1.69. The lowest BCUT2D eigenvalue weighted by Crippen LogP contribution is -2.51. The van der Waals surface area contributed by atoms with E-state index in [0.717, 1.165) is 4.31 Å². The van der Waals surface area contributed by atoms with E-state index in [0.29, 0.717) is 35.7 Å². The predicted octanol–water partition coefficient (Wildman–Crippen LogP) is 2.23. The molecular weight excluding hydrogens is 413 g/mol. The molecule has 0 aromatic heterocycles. The number of carbonyl (C=O) groups is 1. The van der Waals surface area contributed by atoms with Gasteiger partial charge in [0.25, 0.3) is 10.2 Å². The van der Waals surface area contributed by atoms with E-state index in [1.807, 2.05) is 0 Å². The van der Waals surface area contributed by atoms with Crippen LogP contribution in [0.2, 0.25) is 0 Å². The Labute approximate surface area is 175 Å². The quantitative estimate of drug-likeness (QED) is 0.718. The SMILES string of the molecule is COc1ccc(NC(=O)CN2CCCN(Cc3cccc(F)c3)S2(=O)=O)c(OC)c1. The summed E-state index contributed by atoms with van der Waals surface area (Å²) in [5, 5.41) is 2.68. The van der Waals surface area contributed by atoms with Gasteiger partial charge in [-0.1, -0.05) is 12.1 Å². The maximum absolute atomic E-state index is 13.4. The van der Waals surface area contributed by atoms with Crippen molar-refractivity contribution in [2.45, 2.75) is 13.0 Å². The Hall–Kier alpha value is -2.69. The molecule has 0 spiro atoms. The Kier molecular flexibility index (Phi) is 6.91. The third-order valence-electron chi connectivity index (χ3n) is 4.72. The van der Waals surface area contributed by atoms with Crippen LogP contribution in [0, 0.1) is 5.82 Å². The minimum absolute atomic E-state index is 0.0461. The smallest absolute Gasteiger partial charge is 0.282 e. The van der Waals surface area contributed by atoms with Crippen LogP contribution in [0.1, 0.15) is 12.0 Å². The third kappa shape index (κ3) is 5.07. The summed E-state index contributed by atoms with van der Waals surface area (Å²) >= 11 is 0. The van der Waals surface area contributed by atoms with Crippen LogP contribution in [0.5, 0.6) is 11.5 Å². The molecule has 0 radical (unpaired) electrons. The maximum Gasteiger partial charge on any atom is 0.282 e. The molecule has 0 bridgehead atoms. The summed E-state index contributed by atoms with van der Waals surface area (Å²) in [4.78, 5) is 12.5. The molecule has 1 heterocycles. The summed E-state index contributed by atoms with van der Waals surface area (Å²) in [7, 11) is -0.877. The molecule has 1 saturated heterocycles. The van der Waals surface area contributed by atoms with Crippen LogP contribution in [0.15, 0.2) is 42.5 Å². The number of amides is 1. The lowest BCUT2D eigenvalue weighted by Gasteiger charge is -2.34. The topological polar surface area (TPSA) is 88.2 Å². The number of hydrogen-bond donors (Lipinski definition) is 1. The highest BCUT2D eigenvalue weighted by atomic mass is 32.2. The van der Waals surface area contributed by atoms with Crippen LogP contribution in [0.3, 0.4) is 0 Å². The van der Waals surface area contributed by atoms with Crippen molar-refractivity contribution in [3.63, 3.8) is 0 Å². The van der Waals surface area contributed by atoms with E-state index in [1.165, 1.54) is 36.7 Å². The fourth-order valence-corrected chi connectivity index (χ4v) is 4.87. The highest BCUT2D eigenvalue weighted by Crippen LogP contribution is 2.29. The van der Waals surface area contributed by atoms with Crippen LogP contribution in [-0.2, 0) is 21.5 Å². The molecule has 162 valence electrons. The van der Waals surface area contributed by atoms with Gasteiger partial charge in [-0.25, -0.2) is 4.39 Å². The molecular formula is C20H24FN3O5S. The Bertz CT molecular complexity index is 1020. The van der Waals surface area contributed by atoms with Gasteiger partial charge < -0.3 is 14.8 Å². The van der Waals surface area contributed by atoms with Crippen molar-refractivity contribution < 1.29 is 27.1 Å². The molecule has 2 aromatic carbocycles. The summed E-state index contributed by atoms with van der Waals surface area (Å²) < 4.78 is 52.1. The van der Waals surface area contributed by atoms with Crippen LogP contribution >= 0.6 is 0 Å². The molecule has 1 N–H and O–H groups in total. The Morgan fingerprint density at radius 1 is 1.10 bits per heavy atom. The second-order valence-electron chi connectivity index (χ2n) is 6.77. The highest BCUT2D eigenvalue weighted by Gasteiger charge is 2.34. The molecule has 1 aliphatic heterocycles. The average Bonchev–Trinajstić information content (AvgIpc) is 2.71. The fourth-order valence-electron chi connectivity index (χ4n) is 3.23. The van der Waals surface area contributed by atoms with E-state index in [-0.39, 0.29) is 19.6 Å². The Morgan fingerprint density at radius 2 is 1.87 bits per heavy atom. The molecule has 30 heavy (non-hydrogen) atoms. The molecule has 0 saturated carbocycles. The first-order valence-corrected chi connectivity index (χ1v) is 10.7. The third-order valence-corrected chi connectivity index (χ3v) is 6.65. The van der Waals surface area contributed by atoms with E-state index >= 15 is 0 Å². The van der Waals surface area contributed by atoms with Gasteiger partial charge in [-0.2, -0.15) is 17.0 Å². The molecule has 3 rings (SSSR count). The zero-order valence-corrected chi connectivity index (χ0v) is 17.6. The Morgan fingerprint density at radius 3 is 2.57 bits per heavy atom. The van der Waals surface area contributed by atoms with Crippen LogP contribution in [0.4, 0.5) is 10.1 Å². The number of rotatable bonds is 7. The second kappa shape index (κ2) is 9.41. The van der Waals surface area contributed by atoms with E-state index in [4.69, 9.17) is 9.47 Å². The molecule has 8 nitrogen and oxygen atoms in total. The normalized spacial score (nSPS) is 16.8. The molecule has 1 fully saturated rings. The molecule has 10 heteroatoms. The van der Waals surface area contributed by atoms with Crippen molar-refractivity contribution in [3.8, 4) is 11.5 Å².